The third-order valence-electron chi connectivity index (χ3n) is 2.93. The summed E-state index contributed by atoms with van der Waals surface area (Å²) >= 11 is 5.80. The molecular formula is C15H13ClF2N2O3. The van der Waals surface area contributed by atoms with E-state index in [-0.39, 0.29) is 23.0 Å². The van der Waals surface area contributed by atoms with Crippen molar-refractivity contribution in [3.63, 3.8) is 0 Å². The molecule has 0 aliphatic heterocycles. The van der Waals surface area contributed by atoms with Crippen LogP contribution in [0.4, 0.5) is 8.78 Å². The summed E-state index contributed by atoms with van der Waals surface area (Å²) in [5, 5.41) is 12.6. The van der Waals surface area contributed by atoms with Gasteiger partial charge in [-0.1, -0.05) is 23.7 Å². The summed E-state index contributed by atoms with van der Waals surface area (Å²) in [4.78, 5) is 15.7. The van der Waals surface area contributed by atoms with Gasteiger partial charge in [-0.25, -0.2) is 4.98 Å². The van der Waals surface area contributed by atoms with Gasteiger partial charge in [0.05, 0.1) is 11.7 Å². The molecule has 1 heterocycles. The van der Waals surface area contributed by atoms with E-state index >= 15 is 0 Å². The molecule has 1 aromatic heterocycles. The lowest BCUT2D eigenvalue weighted by atomic mass is 10.1. The lowest BCUT2D eigenvalue weighted by Gasteiger charge is -2.14. The number of pyridine rings is 1. The second kappa shape index (κ2) is 7.85. The highest BCUT2D eigenvalue weighted by Crippen LogP contribution is 2.20. The summed E-state index contributed by atoms with van der Waals surface area (Å²) in [6.45, 7) is -3.07. The van der Waals surface area contributed by atoms with Crippen molar-refractivity contribution in [2.75, 3.05) is 6.54 Å². The number of halogens is 3. The maximum Gasteiger partial charge on any atom is 0.387 e. The van der Waals surface area contributed by atoms with Crippen LogP contribution in [0.3, 0.4) is 0 Å². The molecule has 5 nitrogen and oxygen atoms in total. The Bertz CT molecular complexity index is 685. The van der Waals surface area contributed by atoms with Crippen molar-refractivity contribution in [1.82, 2.24) is 10.3 Å². The van der Waals surface area contributed by atoms with Crippen molar-refractivity contribution in [3.05, 3.63) is 58.9 Å². The Kier molecular flexibility index (Phi) is 5.84. The number of carbonyl (C=O) groups excluding carboxylic acids is 1. The Hall–Kier alpha value is -2.25. The lowest BCUT2D eigenvalue weighted by molar-refractivity contribution is -0.0499. The summed E-state index contributed by atoms with van der Waals surface area (Å²) in [6.07, 6.45) is 0.360. The van der Waals surface area contributed by atoms with Crippen molar-refractivity contribution in [1.29, 1.82) is 0 Å². The molecular weight excluding hydrogens is 330 g/mol. The molecule has 0 aliphatic carbocycles. The third-order valence-corrected chi connectivity index (χ3v) is 3.23. The number of aliphatic hydroxyl groups is 1. The summed E-state index contributed by atoms with van der Waals surface area (Å²) in [6, 6.07) is 8.68. The van der Waals surface area contributed by atoms with Crippen LogP contribution in [0.5, 0.6) is 5.75 Å². The minimum atomic E-state index is -2.95. The number of carbonyl (C=O) groups is 1. The molecule has 0 saturated carbocycles. The van der Waals surface area contributed by atoms with Crippen LogP contribution in [0, 0.1) is 0 Å². The monoisotopic (exact) mass is 342 g/mol. The minimum Gasteiger partial charge on any atom is -0.435 e. The Morgan fingerprint density at radius 3 is 2.83 bits per heavy atom. The number of rotatable bonds is 6. The van der Waals surface area contributed by atoms with Gasteiger partial charge in [-0.15, -0.1) is 0 Å². The molecule has 2 rings (SSSR count). The van der Waals surface area contributed by atoms with Gasteiger partial charge in [0.2, 0.25) is 0 Å². The van der Waals surface area contributed by atoms with Crippen LogP contribution in [0.15, 0.2) is 42.6 Å². The van der Waals surface area contributed by atoms with Gasteiger partial charge in [0, 0.05) is 12.7 Å². The highest BCUT2D eigenvalue weighted by molar-refractivity contribution is 6.32. The van der Waals surface area contributed by atoms with Crippen LogP contribution < -0.4 is 10.1 Å². The van der Waals surface area contributed by atoms with E-state index in [1.165, 1.54) is 36.5 Å². The zero-order valence-electron chi connectivity index (χ0n) is 11.7. The zero-order valence-corrected chi connectivity index (χ0v) is 12.5. The fourth-order valence-corrected chi connectivity index (χ4v) is 2.06. The molecule has 0 aliphatic rings. The predicted octanol–water partition coefficient (Wildman–Crippen LogP) is 2.80. The molecule has 0 saturated heterocycles. The molecule has 1 atom stereocenters. The van der Waals surface area contributed by atoms with Crippen LogP contribution in [0.1, 0.15) is 22.0 Å². The third kappa shape index (κ3) is 4.87. The van der Waals surface area contributed by atoms with E-state index in [9.17, 15) is 18.7 Å². The van der Waals surface area contributed by atoms with Crippen LogP contribution in [-0.4, -0.2) is 29.2 Å². The van der Waals surface area contributed by atoms with E-state index in [1.807, 2.05) is 0 Å². The fraction of sp³-hybridized carbons (Fsp3) is 0.200. The Morgan fingerprint density at radius 2 is 2.13 bits per heavy atom. The zero-order chi connectivity index (χ0) is 16.8. The first-order chi connectivity index (χ1) is 11.0. The Morgan fingerprint density at radius 1 is 1.35 bits per heavy atom. The second-order valence-corrected chi connectivity index (χ2v) is 4.88. The number of nitrogens with one attached hydrogen (secondary N) is 1. The first kappa shape index (κ1) is 17.1. The molecule has 1 amide bonds. The van der Waals surface area contributed by atoms with Gasteiger partial charge in [0.15, 0.2) is 0 Å². The number of hydrogen-bond donors (Lipinski definition) is 2. The summed E-state index contributed by atoms with van der Waals surface area (Å²) < 4.78 is 28.6. The number of benzene rings is 1. The topological polar surface area (TPSA) is 71.5 Å². The van der Waals surface area contributed by atoms with Gasteiger partial charge in [-0.2, -0.15) is 8.78 Å². The standard InChI is InChI=1S/C15H13ClF2N2O3/c16-13-11(5-2-6-19-13)14(22)20-8-12(21)9-3-1-4-10(7-9)23-15(17)18/h1-7,12,15,21H,8H2,(H,20,22). The molecule has 0 fully saturated rings. The van der Waals surface area contributed by atoms with Crippen LogP contribution >= 0.6 is 11.6 Å². The normalized spacial score (nSPS) is 12.0. The number of aliphatic hydroxyl groups excluding tert-OH is 1. The van der Waals surface area contributed by atoms with Gasteiger partial charge in [-0.3, -0.25) is 4.79 Å². The average Bonchev–Trinajstić information content (AvgIpc) is 2.52. The molecule has 0 spiro atoms. The number of hydrogen-bond acceptors (Lipinski definition) is 4. The van der Waals surface area contributed by atoms with Gasteiger partial charge >= 0.3 is 6.61 Å². The van der Waals surface area contributed by atoms with E-state index in [4.69, 9.17) is 11.6 Å². The summed E-state index contributed by atoms with van der Waals surface area (Å²) in [7, 11) is 0. The molecule has 1 unspecified atom stereocenters. The fourth-order valence-electron chi connectivity index (χ4n) is 1.86. The smallest absolute Gasteiger partial charge is 0.387 e. The highest BCUT2D eigenvalue weighted by atomic mass is 35.5. The van der Waals surface area contributed by atoms with Crippen LogP contribution in [0.2, 0.25) is 5.15 Å². The molecule has 2 aromatic rings. The van der Waals surface area contributed by atoms with Crippen molar-refractivity contribution in [2.24, 2.45) is 0 Å². The van der Waals surface area contributed by atoms with Gasteiger partial charge in [-0.05, 0) is 29.8 Å². The summed E-state index contributed by atoms with van der Waals surface area (Å²) in [5.41, 5.74) is 0.511. The molecule has 8 heteroatoms. The molecule has 0 radical (unpaired) electrons. The Labute approximate surface area is 135 Å². The molecule has 1 aromatic carbocycles. The number of ether oxygens (including phenoxy) is 1. The quantitative estimate of drug-likeness (QED) is 0.792. The SMILES string of the molecule is O=C(NCC(O)c1cccc(OC(F)F)c1)c1cccnc1Cl. The maximum atomic E-state index is 12.2. The van der Waals surface area contributed by atoms with E-state index < -0.39 is 18.6 Å². The van der Waals surface area contributed by atoms with E-state index in [1.54, 1.807) is 6.07 Å². The number of nitrogens with zero attached hydrogens (tertiary/aromatic N) is 1. The predicted molar refractivity (Wildman–Crippen MR) is 79.6 cm³/mol. The first-order valence-electron chi connectivity index (χ1n) is 6.59. The van der Waals surface area contributed by atoms with Gasteiger partial charge in [0.1, 0.15) is 10.9 Å². The van der Waals surface area contributed by atoms with Crippen LogP contribution in [-0.2, 0) is 0 Å². The van der Waals surface area contributed by atoms with Crippen molar-refractivity contribution in [3.8, 4) is 5.75 Å². The second-order valence-electron chi connectivity index (χ2n) is 4.52. The lowest BCUT2D eigenvalue weighted by Crippen LogP contribution is -2.28. The average molecular weight is 343 g/mol. The van der Waals surface area contributed by atoms with Crippen LogP contribution in [0.25, 0.3) is 0 Å². The Balaban J connectivity index is 1.98. The van der Waals surface area contributed by atoms with E-state index in [0.29, 0.717) is 5.56 Å². The van der Waals surface area contributed by atoms with Crippen molar-refractivity contribution < 1.29 is 23.4 Å². The minimum absolute atomic E-state index is 0.0480. The number of amides is 1. The van der Waals surface area contributed by atoms with Gasteiger partial charge < -0.3 is 15.2 Å². The number of alkyl halides is 2. The largest absolute Gasteiger partial charge is 0.435 e. The molecule has 23 heavy (non-hydrogen) atoms. The van der Waals surface area contributed by atoms with E-state index in [2.05, 4.69) is 15.0 Å². The maximum absolute atomic E-state index is 12.2. The van der Waals surface area contributed by atoms with Crippen molar-refractivity contribution in [2.45, 2.75) is 12.7 Å². The molecule has 0 bridgehead atoms. The highest BCUT2D eigenvalue weighted by Gasteiger charge is 2.14. The molecule has 122 valence electrons. The molecule has 2 N–H and O–H groups in total. The summed E-state index contributed by atoms with van der Waals surface area (Å²) in [5.74, 6) is -0.569. The number of aromatic nitrogens is 1. The van der Waals surface area contributed by atoms with Gasteiger partial charge in [0.25, 0.3) is 5.91 Å². The van der Waals surface area contributed by atoms with Crippen molar-refractivity contribution >= 4 is 17.5 Å². The first-order valence-corrected chi connectivity index (χ1v) is 6.96. The van der Waals surface area contributed by atoms with E-state index in [0.717, 1.165) is 0 Å².